The van der Waals surface area contributed by atoms with Crippen molar-refractivity contribution in [1.29, 1.82) is 0 Å². The van der Waals surface area contributed by atoms with Gasteiger partial charge in [-0.1, -0.05) is 24.3 Å². The average Bonchev–Trinajstić information content (AvgIpc) is 2.50. The van der Waals surface area contributed by atoms with Crippen molar-refractivity contribution >= 4 is 10.9 Å². The molecule has 0 spiro atoms. The minimum Gasteiger partial charge on any atom is -0.376 e. The molecule has 1 aromatic carbocycles. The highest BCUT2D eigenvalue weighted by Crippen LogP contribution is 2.18. The van der Waals surface area contributed by atoms with Gasteiger partial charge in [0.05, 0.1) is 18.7 Å². The second-order valence-electron chi connectivity index (χ2n) is 5.21. The summed E-state index contributed by atoms with van der Waals surface area (Å²) >= 11 is 0. The summed E-state index contributed by atoms with van der Waals surface area (Å²) in [4.78, 5) is 4.33. The molecule has 21 heavy (non-hydrogen) atoms. The van der Waals surface area contributed by atoms with Crippen LogP contribution in [0.25, 0.3) is 10.9 Å². The van der Waals surface area contributed by atoms with E-state index < -0.39 is 0 Å². The Labute approximate surface area is 126 Å². The molecule has 0 aliphatic rings. The molecular formula is C17H23N3O. The zero-order chi connectivity index (χ0) is 15.1. The number of nitrogens with one attached hydrogen (secondary N) is 1. The standard InChI is InChI=1S/C17H23N3O/c1-13(2)12-21-9-8-20-17(11-18)15-5-6-16-14(10-15)4-3-7-19-16/h3-7,10,17,20H,1,8-9,11-12,18H2,2H3. The third kappa shape index (κ3) is 4.63. The van der Waals surface area contributed by atoms with Crippen molar-refractivity contribution in [2.75, 3.05) is 26.3 Å². The number of ether oxygens (including phenoxy) is 1. The number of fused-ring (bicyclic) bond motifs is 1. The summed E-state index contributed by atoms with van der Waals surface area (Å²) in [5.74, 6) is 0. The molecule has 3 N–H and O–H groups in total. The van der Waals surface area contributed by atoms with Crippen LogP contribution < -0.4 is 11.1 Å². The van der Waals surface area contributed by atoms with Crippen LogP contribution in [0.15, 0.2) is 48.7 Å². The number of hydrogen-bond donors (Lipinski definition) is 2. The van der Waals surface area contributed by atoms with E-state index in [1.54, 1.807) is 6.20 Å². The van der Waals surface area contributed by atoms with Gasteiger partial charge in [-0.2, -0.15) is 0 Å². The normalized spacial score (nSPS) is 12.5. The molecule has 1 aromatic heterocycles. The maximum Gasteiger partial charge on any atom is 0.0702 e. The molecule has 0 saturated carbocycles. The van der Waals surface area contributed by atoms with Crippen LogP contribution in [-0.4, -0.2) is 31.3 Å². The molecule has 1 atom stereocenters. The van der Waals surface area contributed by atoms with Gasteiger partial charge in [-0.3, -0.25) is 4.98 Å². The monoisotopic (exact) mass is 285 g/mol. The third-order valence-electron chi connectivity index (χ3n) is 3.25. The van der Waals surface area contributed by atoms with E-state index >= 15 is 0 Å². The molecule has 4 heteroatoms. The molecule has 0 fully saturated rings. The predicted molar refractivity (Wildman–Crippen MR) is 87.2 cm³/mol. The van der Waals surface area contributed by atoms with E-state index in [9.17, 15) is 0 Å². The SMILES string of the molecule is C=C(C)COCCNC(CN)c1ccc2ncccc2c1. The van der Waals surface area contributed by atoms with Crippen LogP contribution in [0.1, 0.15) is 18.5 Å². The fraction of sp³-hybridized carbons (Fsp3) is 0.353. The number of pyridine rings is 1. The first-order valence-electron chi connectivity index (χ1n) is 7.21. The molecule has 0 aliphatic carbocycles. The first-order valence-corrected chi connectivity index (χ1v) is 7.21. The number of benzene rings is 1. The van der Waals surface area contributed by atoms with Crippen molar-refractivity contribution < 1.29 is 4.74 Å². The molecule has 0 radical (unpaired) electrons. The van der Waals surface area contributed by atoms with Gasteiger partial charge in [0.2, 0.25) is 0 Å². The van der Waals surface area contributed by atoms with Gasteiger partial charge in [-0.15, -0.1) is 0 Å². The fourth-order valence-corrected chi connectivity index (χ4v) is 2.20. The lowest BCUT2D eigenvalue weighted by Crippen LogP contribution is -2.31. The molecule has 0 aliphatic heterocycles. The van der Waals surface area contributed by atoms with Crippen LogP contribution in [0, 0.1) is 0 Å². The highest BCUT2D eigenvalue weighted by molar-refractivity contribution is 5.79. The van der Waals surface area contributed by atoms with Crippen LogP contribution in [0.4, 0.5) is 0 Å². The number of rotatable bonds is 8. The summed E-state index contributed by atoms with van der Waals surface area (Å²) < 4.78 is 5.48. The number of aromatic nitrogens is 1. The maximum absolute atomic E-state index is 5.88. The van der Waals surface area contributed by atoms with E-state index in [0.29, 0.717) is 19.8 Å². The molecule has 1 unspecified atom stereocenters. The lowest BCUT2D eigenvalue weighted by atomic mass is 10.0. The lowest BCUT2D eigenvalue weighted by molar-refractivity contribution is 0.155. The van der Waals surface area contributed by atoms with Crippen molar-refractivity contribution in [3.63, 3.8) is 0 Å². The molecule has 2 rings (SSSR count). The van der Waals surface area contributed by atoms with Crippen molar-refractivity contribution in [1.82, 2.24) is 10.3 Å². The van der Waals surface area contributed by atoms with E-state index in [1.165, 1.54) is 5.56 Å². The van der Waals surface area contributed by atoms with E-state index in [0.717, 1.165) is 23.0 Å². The summed E-state index contributed by atoms with van der Waals surface area (Å²) in [6, 6.07) is 10.4. The van der Waals surface area contributed by atoms with Gasteiger partial charge in [-0.25, -0.2) is 0 Å². The Hall–Kier alpha value is -1.75. The second-order valence-corrected chi connectivity index (χ2v) is 5.21. The third-order valence-corrected chi connectivity index (χ3v) is 3.25. The largest absolute Gasteiger partial charge is 0.376 e. The number of nitrogens with two attached hydrogens (primary N) is 1. The van der Waals surface area contributed by atoms with Gasteiger partial charge < -0.3 is 15.8 Å². The Morgan fingerprint density at radius 1 is 1.43 bits per heavy atom. The Bertz CT molecular complexity index is 597. The zero-order valence-corrected chi connectivity index (χ0v) is 12.5. The first kappa shape index (κ1) is 15.6. The highest BCUT2D eigenvalue weighted by atomic mass is 16.5. The smallest absolute Gasteiger partial charge is 0.0702 e. The number of hydrogen-bond acceptors (Lipinski definition) is 4. The van der Waals surface area contributed by atoms with E-state index in [4.69, 9.17) is 10.5 Å². The average molecular weight is 285 g/mol. The molecule has 0 amide bonds. The van der Waals surface area contributed by atoms with Gasteiger partial charge in [0, 0.05) is 30.7 Å². The molecule has 2 aromatic rings. The Kier molecular flexibility index (Phi) is 5.87. The van der Waals surface area contributed by atoms with Crippen LogP contribution in [0.5, 0.6) is 0 Å². The molecule has 112 valence electrons. The minimum atomic E-state index is 0.128. The predicted octanol–water partition coefficient (Wildman–Crippen LogP) is 2.42. The summed E-state index contributed by atoms with van der Waals surface area (Å²) in [5, 5.41) is 4.56. The van der Waals surface area contributed by atoms with E-state index in [1.807, 2.05) is 19.1 Å². The second kappa shape index (κ2) is 7.88. The Morgan fingerprint density at radius 3 is 3.05 bits per heavy atom. The summed E-state index contributed by atoms with van der Waals surface area (Å²) in [5.41, 5.74) is 9.09. The summed E-state index contributed by atoms with van der Waals surface area (Å²) in [7, 11) is 0. The molecule has 0 bridgehead atoms. The zero-order valence-electron chi connectivity index (χ0n) is 12.5. The first-order chi connectivity index (χ1) is 10.2. The van der Waals surface area contributed by atoms with Gasteiger partial charge in [0.1, 0.15) is 0 Å². The highest BCUT2D eigenvalue weighted by Gasteiger charge is 2.09. The van der Waals surface area contributed by atoms with Crippen LogP contribution >= 0.6 is 0 Å². The van der Waals surface area contributed by atoms with Crippen LogP contribution in [0.2, 0.25) is 0 Å². The van der Waals surface area contributed by atoms with Crippen molar-refractivity contribution in [3.05, 3.63) is 54.2 Å². The fourth-order valence-electron chi connectivity index (χ4n) is 2.20. The van der Waals surface area contributed by atoms with Crippen molar-refractivity contribution in [3.8, 4) is 0 Å². The van der Waals surface area contributed by atoms with Gasteiger partial charge in [0.15, 0.2) is 0 Å². The Morgan fingerprint density at radius 2 is 2.29 bits per heavy atom. The molecule has 4 nitrogen and oxygen atoms in total. The van der Waals surface area contributed by atoms with Crippen LogP contribution in [0.3, 0.4) is 0 Å². The van der Waals surface area contributed by atoms with Gasteiger partial charge >= 0.3 is 0 Å². The molecule has 0 saturated heterocycles. The maximum atomic E-state index is 5.88. The van der Waals surface area contributed by atoms with Crippen molar-refractivity contribution in [2.24, 2.45) is 5.73 Å². The van der Waals surface area contributed by atoms with Crippen LogP contribution in [-0.2, 0) is 4.74 Å². The molecule has 1 heterocycles. The Balaban J connectivity index is 1.94. The van der Waals surface area contributed by atoms with Gasteiger partial charge in [-0.05, 0) is 30.7 Å². The van der Waals surface area contributed by atoms with Crippen molar-refractivity contribution in [2.45, 2.75) is 13.0 Å². The minimum absolute atomic E-state index is 0.128. The summed E-state index contributed by atoms with van der Waals surface area (Å²) in [6.45, 7) is 8.34. The van der Waals surface area contributed by atoms with E-state index in [-0.39, 0.29) is 6.04 Å². The van der Waals surface area contributed by atoms with Gasteiger partial charge in [0.25, 0.3) is 0 Å². The van der Waals surface area contributed by atoms with E-state index in [2.05, 4.69) is 35.1 Å². The lowest BCUT2D eigenvalue weighted by Gasteiger charge is -2.18. The quantitative estimate of drug-likeness (QED) is 0.577. The molecular weight excluding hydrogens is 262 g/mol. The number of nitrogens with zero attached hydrogens (tertiary/aromatic N) is 1. The summed E-state index contributed by atoms with van der Waals surface area (Å²) in [6.07, 6.45) is 1.81. The topological polar surface area (TPSA) is 60.2 Å².